The summed E-state index contributed by atoms with van der Waals surface area (Å²) in [7, 11) is 0. The van der Waals surface area contributed by atoms with Crippen LogP contribution in [0.4, 0.5) is 0 Å². The van der Waals surface area contributed by atoms with E-state index in [1.165, 1.54) is 0 Å². The number of aliphatic carboxylic acids is 1. The van der Waals surface area contributed by atoms with Gasteiger partial charge in [0.2, 0.25) is 11.8 Å². The molecule has 0 bridgehead atoms. The first-order chi connectivity index (χ1) is 10.3. The molecule has 2 N–H and O–H groups in total. The summed E-state index contributed by atoms with van der Waals surface area (Å²) >= 11 is 0. The van der Waals surface area contributed by atoms with Crippen LogP contribution >= 0.6 is 0 Å². The van der Waals surface area contributed by atoms with E-state index >= 15 is 0 Å². The van der Waals surface area contributed by atoms with E-state index in [1.54, 1.807) is 0 Å². The fourth-order valence-corrected chi connectivity index (χ4v) is 2.30. The molecule has 1 saturated carbocycles. The third-order valence-corrected chi connectivity index (χ3v) is 3.79. The van der Waals surface area contributed by atoms with Crippen LogP contribution in [0.25, 0.3) is 0 Å². The predicted octanol–water partition coefficient (Wildman–Crippen LogP) is 1.67. The van der Waals surface area contributed by atoms with E-state index < -0.39 is 5.97 Å². The van der Waals surface area contributed by atoms with Crippen LogP contribution in [0.15, 0.2) is 4.52 Å². The normalized spacial score (nSPS) is 21.2. The summed E-state index contributed by atoms with van der Waals surface area (Å²) in [5.41, 5.74) is -0.149. The molecular weight excluding hydrogens is 286 g/mol. The molecule has 0 aromatic carbocycles. The van der Waals surface area contributed by atoms with E-state index in [2.05, 4.69) is 15.5 Å². The first-order valence-corrected chi connectivity index (χ1v) is 7.61. The number of carboxylic acid groups (broad SMARTS) is 1. The van der Waals surface area contributed by atoms with Gasteiger partial charge in [0.05, 0.1) is 5.92 Å². The van der Waals surface area contributed by atoms with Crippen molar-refractivity contribution in [1.82, 2.24) is 15.5 Å². The highest BCUT2D eigenvalue weighted by atomic mass is 16.5. The maximum absolute atomic E-state index is 11.8. The predicted molar refractivity (Wildman–Crippen MR) is 78.2 cm³/mol. The number of nitrogens with zero attached hydrogens (tertiary/aromatic N) is 2. The average molecular weight is 309 g/mol. The quantitative estimate of drug-likeness (QED) is 0.828. The van der Waals surface area contributed by atoms with Crippen molar-refractivity contribution in [2.75, 3.05) is 0 Å². The second-order valence-electron chi connectivity index (χ2n) is 6.89. The molecule has 0 atom stereocenters. The smallest absolute Gasteiger partial charge is 0.306 e. The highest BCUT2D eigenvalue weighted by molar-refractivity contribution is 5.77. The molecule has 0 saturated heterocycles. The lowest BCUT2D eigenvalue weighted by atomic mass is 9.80. The topological polar surface area (TPSA) is 105 Å². The van der Waals surface area contributed by atoms with Gasteiger partial charge in [-0.2, -0.15) is 4.98 Å². The Morgan fingerprint density at radius 3 is 2.59 bits per heavy atom. The van der Waals surface area contributed by atoms with Gasteiger partial charge in [-0.05, 0) is 19.3 Å². The van der Waals surface area contributed by atoms with Crippen LogP contribution < -0.4 is 5.32 Å². The third kappa shape index (κ3) is 4.29. The van der Waals surface area contributed by atoms with Gasteiger partial charge in [0.1, 0.15) is 0 Å². The molecule has 0 aliphatic heterocycles. The summed E-state index contributed by atoms with van der Waals surface area (Å²) in [5.74, 6) is 0.0777. The Labute approximate surface area is 129 Å². The zero-order chi connectivity index (χ0) is 16.3. The molecule has 0 unspecified atom stereocenters. The minimum absolute atomic E-state index is 0.00416. The molecule has 7 nitrogen and oxygen atoms in total. The van der Waals surface area contributed by atoms with Gasteiger partial charge in [-0.1, -0.05) is 25.9 Å². The van der Waals surface area contributed by atoms with Gasteiger partial charge < -0.3 is 14.9 Å². The number of rotatable bonds is 6. The molecule has 2 rings (SSSR count). The Bertz CT molecular complexity index is 541. The van der Waals surface area contributed by atoms with Gasteiger partial charge >= 0.3 is 5.97 Å². The molecule has 1 fully saturated rings. The lowest BCUT2D eigenvalue weighted by Gasteiger charge is -2.32. The third-order valence-electron chi connectivity index (χ3n) is 3.79. The standard InChI is InChI=1S/C15H23N3O4/c1-15(2,3)14-17-12(22-18-14)6-4-5-11(19)16-10-7-9(8-10)13(20)21/h9-10H,4-8H2,1-3H3,(H,16,19)(H,20,21). The molecule has 122 valence electrons. The van der Waals surface area contributed by atoms with Gasteiger partial charge in [-0.3, -0.25) is 9.59 Å². The highest BCUT2D eigenvalue weighted by Crippen LogP contribution is 2.27. The lowest BCUT2D eigenvalue weighted by molar-refractivity contribution is -0.146. The average Bonchev–Trinajstić information content (AvgIpc) is 2.81. The number of aromatic nitrogens is 2. The zero-order valence-corrected chi connectivity index (χ0v) is 13.3. The molecule has 7 heteroatoms. The van der Waals surface area contributed by atoms with Gasteiger partial charge in [0, 0.05) is 24.3 Å². The second-order valence-corrected chi connectivity index (χ2v) is 6.89. The first kappa shape index (κ1) is 16.5. The van der Waals surface area contributed by atoms with Gasteiger partial charge in [0.15, 0.2) is 5.82 Å². The van der Waals surface area contributed by atoms with Crippen molar-refractivity contribution in [3.05, 3.63) is 11.7 Å². The Hall–Kier alpha value is -1.92. The summed E-state index contributed by atoms with van der Waals surface area (Å²) in [4.78, 5) is 26.8. The first-order valence-electron chi connectivity index (χ1n) is 7.61. The van der Waals surface area contributed by atoms with E-state index in [4.69, 9.17) is 9.63 Å². The van der Waals surface area contributed by atoms with E-state index in [1.807, 2.05) is 20.8 Å². The minimum atomic E-state index is -0.781. The van der Waals surface area contributed by atoms with Crippen LogP contribution in [-0.2, 0) is 21.4 Å². The van der Waals surface area contributed by atoms with Crippen molar-refractivity contribution >= 4 is 11.9 Å². The fraction of sp³-hybridized carbons (Fsp3) is 0.733. The molecule has 1 aliphatic rings. The molecular formula is C15H23N3O4. The monoisotopic (exact) mass is 309 g/mol. The van der Waals surface area contributed by atoms with Gasteiger partial charge in [0.25, 0.3) is 0 Å². The largest absolute Gasteiger partial charge is 0.481 e. The maximum Gasteiger partial charge on any atom is 0.306 e. The molecule has 1 heterocycles. The number of amides is 1. The maximum atomic E-state index is 11.8. The summed E-state index contributed by atoms with van der Waals surface area (Å²) in [5, 5.41) is 15.6. The molecule has 1 aromatic heterocycles. The highest BCUT2D eigenvalue weighted by Gasteiger charge is 2.35. The lowest BCUT2D eigenvalue weighted by Crippen LogP contribution is -2.46. The van der Waals surface area contributed by atoms with Crippen molar-refractivity contribution in [3.63, 3.8) is 0 Å². The van der Waals surface area contributed by atoms with Crippen molar-refractivity contribution in [2.45, 2.75) is 64.3 Å². The Morgan fingerprint density at radius 1 is 1.36 bits per heavy atom. The Kier molecular flexibility index (Phi) is 4.83. The summed E-state index contributed by atoms with van der Waals surface area (Å²) in [6.45, 7) is 6.04. The van der Waals surface area contributed by atoms with E-state index in [0.29, 0.717) is 43.8 Å². The molecule has 1 amide bonds. The molecule has 1 aliphatic carbocycles. The van der Waals surface area contributed by atoms with Crippen LogP contribution in [0.1, 0.15) is 58.2 Å². The number of carbonyl (C=O) groups is 2. The van der Waals surface area contributed by atoms with E-state index in [9.17, 15) is 9.59 Å². The molecule has 22 heavy (non-hydrogen) atoms. The summed E-state index contributed by atoms with van der Waals surface area (Å²) < 4.78 is 5.17. The number of aryl methyl sites for hydroxylation is 1. The van der Waals surface area contributed by atoms with Gasteiger partial charge in [-0.15, -0.1) is 0 Å². The summed E-state index contributed by atoms with van der Waals surface area (Å²) in [6, 6.07) is 0.00416. The summed E-state index contributed by atoms with van der Waals surface area (Å²) in [6.07, 6.45) is 2.63. The molecule has 0 radical (unpaired) electrons. The van der Waals surface area contributed by atoms with Crippen LogP contribution in [0, 0.1) is 5.92 Å². The second kappa shape index (κ2) is 6.46. The number of nitrogens with one attached hydrogen (secondary N) is 1. The molecule has 1 aromatic rings. The number of carboxylic acids is 1. The Morgan fingerprint density at radius 2 is 2.05 bits per heavy atom. The number of hydrogen-bond acceptors (Lipinski definition) is 5. The van der Waals surface area contributed by atoms with Crippen molar-refractivity contribution in [3.8, 4) is 0 Å². The Balaban J connectivity index is 1.65. The fourth-order valence-electron chi connectivity index (χ4n) is 2.30. The SMILES string of the molecule is CC(C)(C)c1noc(CCCC(=O)NC2CC(C(=O)O)C2)n1. The van der Waals surface area contributed by atoms with E-state index in [0.717, 1.165) is 0 Å². The van der Waals surface area contributed by atoms with Crippen LogP contribution in [-0.4, -0.2) is 33.2 Å². The zero-order valence-electron chi connectivity index (χ0n) is 13.3. The number of hydrogen-bond donors (Lipinski definition) is 2. The number of carbonyl (C=O) groups excluding carboxylic acids is 1. The van der Waals surface area contributed by atoms with Crippen LogP contribution in [0.5, 0.6) is 0 Å². The van der Waals surface area contributed by atoms with E-state index in [-0.39, 0.29) is 23.3 Å². The van der Waals surface area contributed by atoms with Crippen LogP contribution in [0.3, 0.4) is 0 Å². The van der Waals surface area contributed by atoms with Crippen molar-refractivity contribution in [2.24, 2.45) is 5.92 Å². The van der Waals surface area contributed by atoms with Crippen molar-refractivity contribution in [1.29, 1.82) is 0 Å². The van der Waals surface area contributed by atoms with Crippen LogP contribution in [0.2, 0.25) is 0 Å². The minimum Gasteiger partial charge on any atom is -0.481 e. The van der Waals surface area contributed by atoms with Crippen molar-refractivity contribution < 1.29 is 19.2 Å². The van der Waals surface area contributed by atoms with Gasteiger partial charge in [-0.25, -0.2) is 0 Å². The molecule has 0 spiro atoms.